The third-order valence-electron chi connectivity index (χ3n) is 6.35. The molecule has 0 aromatic heterocycles. The Morgan fingerprint density at radius 2 is 1.67 bits per heavy atom. The number of ether oxygens (including phenoxy) is 3. The zero-order chi connectivity index (χ0) is 23.5. The van der Waals surface area contributed by atoms with E-state index in [2.05, 4.69) is 0 Å². The van der Waals surface area contributed by atoms with Gasteiger partial charge in [-0.1, -0.05) is 18.2 Å². The fourth-order valence-corrected chi connectivity index (χ4v) is 4.68. The Bertz CT molecular complexity index is 1010. The average molecular weight is 456 g/mol. The third-order valence-corrected chi connectivity index (χ3v) is 6.35. The quantitative estimate of drug-likeness (QED) is 0.666. The summed E-state index contributed by atoms with van der Waals surface area (Å²) in [5.41, 5.74) is 1.61. The van der Waals surface area contributed by atoms with Crippen LogP contribution >= 0.6 is 0 Å². The number of methoxy groups -OCH3 is 1. The number of hydrogen-bond acceptors (Lipinski definition) is 6. The molecular weight excluding hydrogens is 428 g/mol. The lowest BCUT2D eigenvalue weighted by Gasteiger charge is -2.43. The van der Waals surface area contributed by atoms with Crippen molar-refractivity contribution in [2.45, 2.75) is 18.8 Å². The first kappa shape index (κ1) is 22.7. The molecule has 0 radical (unpaired) electrons. The van der Waals surface area contributed by atoms with Gasteiger partial charge in [-0.05, 0) is 42.3 Å². The van der Waals surface area contributed by atoms with E-state index in [0.29, 0.717) is 23.8 Å². The summed E-state index contributed by atoms with van der Waals surface area (Å²) in [5.74, 6) is -0.677. The number of nitrogens with zero attached hydrogens (tertiary/aromatic N) is 2. The molecule has 2 aromatic carbocycles. The smallest absolute Gasteiger partial charge is 0.343 e. The molecule has 2 aliphatic heterocycles. The van der Waals surface area contributed by atoms with Gasteiger partial charge in [0.1, 0.15) is 5.75 Å². The molecule has 9 heteroatoms. The van der Waals surface area contributed by atoms with Gasteiger partial charge in [-0.15, -0.1) is 0 Å². The van der Waals surface area contributed by atoms with Crippen molar-refractivity contribution in [2.75, 3.05) is 40.6 Å². The number of rotatable bonds is 6. The Morgan fingerprint density at radius 1 is 1.03 bits per heavy atom. The van der Waals surface area contributed by atoms with Gasteiger partial charge in [0, 0.05) is 31.5 Å². The predicted molar refractivity (Wildman–Crippen MR) is 119 cm³/mol. The summed E-state index contributed by atoms with van der Waals surface area (Å²) in [6.45, 7) is 2.81. The largest absolute Gasteiger partial charge is 0.497 e. The van der Waals surface area contributed by atoms with Gasteiger partial charge in [-0.2, -0.15) is 0 Å². The molecule has 1 N–H and O–H groups in total. The zero-order valence-corrected chi connectivity index (χ0v) is 18.9. The highest BCUT2D eigenvalue weighted by Crippen LogP contribution is 2.44. The summed E-state index contributed by atoms with van der Waals surface area (Å²) in [6, 6.07) is 12.5. The van der Waals surface area contributed by atoms with Crippen LogP contribution in [0, 0.1) is 5.92 Å². The van der Waals surface area contributed by atoms with Crippen molar-refractivity contribution in [3.05, 3.63) is 53.6 Å². The molecule has 176 valence electrons. The number of benzene rings is 2. The van der Waals surface area contributed by atoms with Crippen LogP contribution in [0.15, 0.2) is 42.5 Å². The Kier molecular flexibility index (Phi) is 6.60. The molecular formula is C24H28N2O7. The van der Waals surface area contributed by atoms with E-state index < -0.39 is 23.7 Å². The van der Waals surface area contributed by atoms with E-state index in [4.69, 9.17) is 19.0 Å². The lowest BCUT2D eigenvalue weighted by Crippen LogP contribution is -2.52. The highest BCUT2D eigenvalue weighted by molar-refractivity contribution is 5.77. The van der Waals surface area contributed by atoms with Gasteiger partial charge >= 0.3 is 12.0 Å². The standard InChI is InChI=1S/C24H28N2O7/c1-4-26(31-3)24(29)25-12-18(15-5-8-17(30-2)9-6-15)22(23(27)28)19(13-25)16-7-10-20-21(11-16)33-14-32-20/h5-11,18-19,22H,4,12-14H2,1-3H3,(H,27,28). The van der Waals surface area contributed by atoms with Crippen molar-refractivity contribution in [2.24, 2.45) is 5.92 Å². The molecule has 9 nitrogen and oxygen atoms in total. The molecule has 0 bridgehead atoms. The number of likely N-dealkylation sites (tertiary alicyclic amines) is 1. The van der Waals surface area contributed by atoms with E-state index in [1.54, 1.807) is 30.2 Å². The molecule has 1 fully saturated rings. The second kappa shape index (κ2) is 9.58. The van der Waals surface area contributed by atoms with Crippen LogP contribution in [-0.2, 0) is 9.63 Å². The van der Waals surface area contributed by atoms with E-state index >= 15 is 0 Å². The summed E-state index contributed by atoms with van der Waals surface area (Å²) < 4.78 is 16.2. The van der Waals surface area contributed by atoms with Crippen molar-refractivity contribution in [1.82, 2.24) is 9.96 Å². The summed E-state index contributed by atoms with van der Waals surface area (Å²) >= 11 is 0. The second-order valence-electron chi connectivity index (χ2n) is 8.03. The first-order valence-corrected chi connectivity index (χ1v) is 10.8. The lowest BCUT2D eigenvalue weighted by atomic mass is 9.71. The van der Waals surface area contributed by atoms with Crippen LogP contribution in [0.4, 0.5) is 4.79 Å². The van der Waals surface area contributed by atoms with Crippen molar-refractivity contribution in [1.29, 1.82) is 0 Å². The van der Waals surface area contributed by atoms with Gasteiger partial charge in [0.05, 0.1) is 20.1 Å². The molecule has 0 aliphatic carbocycles. The number of carboxylic acid groups (broad SMARTS) is 1. The maximum Gasteiger partial charge on any atom is 0.343 e. The minimum Gasteiger partial charge on any atom is -0.497 e. The summed E-state index contributed by atoms with van der Waals surface area (Å²) in [6.07, 6.45) is 0. The number of aliphatic carboxylic acids is 1. The highest BCUT2D eigenvalue weighted by atomic mass is 16.7. The van der Waals surface area contributed by atoms with Crippen LogP contribution in [0.25, 0.3) is 0 Å². The predicted octanol–water partition coefficient (Wildman–Crippen LogP) is 3.31. The van der Waals surface area contributed by atoms with E-state index in [1.807, 2.05) is 31.2 Å². The van der Waals surface area contributed by atoms with Gasteiger partial charge < -0.3 is 24.2 Å². The molecule has 1 saturated heterocycles. The third kappa shape index (κ3) is 4.41. The number of fused-ring (bicyclic) bond motifs is 1. The maximum atomic E-state index is 13.2. The molecule has 3 atom stereocenters. The topological polar surface area (TPSA) is 97.8 Å². The Balaban J connectivity index is 1.76. The van der Waals surface area contributed by atoms with Gasteiger partial charge in [0.15, 0.2) is 11.5 Å². The van der Waals surface area contributed by atoms with Crippen molar-refractivity contribution >= 4 is 12.0 Å². The normalized spacial score (nSPS) is 21.5. The van der Waals surface area contributed by atoms with E-state index in [0.717, 1.165) is 11.1 Å². The van der Waals surface area contributed by atoms with E-state index in [-0.39, 0.29) is 25.9 Å². The first-order chi connectivity index (χ1) is 16.0. The molecule has 2 amide bonds. The van der Waals surface area contributed by atoms with Crippen LogP contribution in [-0.4, -0.2) is 67.7 Å². The fourth-order valence-electron chi connectivity index (χ4n) is 4.68. The Labute approximate surface area is 192 Å². The number of amides is 2. The molecule has 33 heavy (non-hydrogen) atoms. The molecule has 4 rings (SSSR count). The number of hydroxylamine groups is 2. The van der Waals surface area contributed by atoms with Crippen molar-refractivity contribution < 1.29 is 33.7 Å². The maximum absolute atomic E-state index is 13.2. The molecule has 3 unspecified atom stereocenters. The van der Waals surface area contributed by atoms with E-state index in [9.17, 15) is 14.7 Å². The SMILES string of the molecule is CCN(OC)C(=O)N1CC(c2ccc(OC)cc2)C(C(=O)O)C(c2ccc3c(c2)OCO3)C1. The van der Waals surface area contributed by atoms with Crippen LogP contribution in [0.1, 0.15) is 29.9 Å². The molecule has 2 aromatic rings. The molecule has 2 heterocycles. The minimum absolute atomic E-state index is 0.129. The second-order valence-corrected chi connectivity index (χ2v) is 8.03. The number of carbonyl (C=O) groups is 2. The van der Waals surface area contributed by atoms with Gasteiger partial charge in [-0.25, -0.2) is 9.86 Å². The Morgan fingerprint density at radius 3 is 2.27 bits per heavy atom. The zero-order valence-electron chi connectivity index (χ0n) is 18.9. The van der Waals surface area contributed by atoms with Gasteiger partial charge in [0.2, 0.25) is 6.79 Å². The minimum atomic E-state index is -0.912. The lowest BCUT2D eigenvalue weighted by molar-refractivity contribution is -0.145. The average Bonchev–Trinajstić information content (AvgIpc) is 3.32. The fraction of sp³-hybridized carbons (Fsp3) is 0.417. The van der Waals surface area contributed by atoms with Crippen LogP contribution < -0.4 is 14.2 Å². The number of hydrogen-bond donors (Lipinski definition) is 1. The number of piperidine rings is 1. The number of urea groups is 1. The molecule has 0 saturated carbocycles. The summed E-state index contributed by atoms with van der Waals surface area (Å²) in [4.78, 5) is 32.7. The van der Waals surface area contributed by atoms with Crippen LogP contribution in [0.5, 0.6) is 17.2 Å². The summed E-state index contributed by atoms with van der Waals surface area (Å²) in [5, 5.41) is 11.6. The Hall–Kier alpha value is -3.46. The summed E-state index contributed by atoms with van der Waals surface area (Å²) in [7, 11) is 3.03. The van der Waals surface area contributed by atoms with Gasteiger partial charge in [-0.3, -0.25) is 9.63 Å². The highest BCUT2D eigenvalue weighted by Gasteiger charge is 2.45. The van der Waals surface area contributed by atoms with Crippen molar-refractivity contribution in [3.63, 3.8) is 0 Å². The number of carboxylic acids is 1. The van der Waals surface area contributed by atoms with Crippen LogP contribution in [0.2, 0.25) is 0 Å². The number of carbonyl (C=O) groups excluding carboxylic acids is 1. The van der Waals surface area contributed by atoms with Crippen molar-refractivity contribution in [3.8, 4) is 17.2 Å². The first-order valence-electron chi connectivity index (χ1n) is 10.8. The molecule has 2 aliphatic rings. The van der Waals surface area contributed by atoms with Crippen LogP contribution in [0.3, 0.4) is 0 Å². The molecule has 0 spiro atoms. The monoisotopic (exact) mass is 456 g/mol. The van der Waals surface area contributed by atoms with Gasteiger partial charge in [0.25, 0.3) is 0 Å². The van der Waals surface area contributed by atoms with E-state index in [1.165, 1.54) is 12.2 Å².